The standard InChI is InChI=1S/C14H17N3O4/c1-15-12(18)11-4-2-3-7-17(11)13(19)9-5-6-10(14(20)21)16-8-9/h5-6,8,11H,2-4,7H2,1H3,(H,15,18)(H,20,21). The second kappa shape index (κ2) is 6.34. The van der Waals surface area contributed by atoms with Crippen molar-refractivity contribution in [1.29, 1.82) is 0 Å². The van der Waals surface area contributed by atoms with E-state index in [0.717, 1.165) is 12.8 Å². The van der Waals surface area contributed by atoms with Crippen LogP contribution in [0.1, 0.15) is 40.1 Å². The molecule has 0 bridgehead atoms. The number of piperidine rings is 1. The third kappa shape index (κ3) is 3.18. The number of aromatic nitrogens is 1. The molecule has 2 N–H and O–H groups in total. The summed E-state index contributed by atoms with van der Waals surface area (Å²) < 4.78 is 0. The lowest BCUT2D eigenvalue weighted by Crippen LogP contribution is -2.51. The number of hydrogen-bond donors (Lipinski definition) is 2. The monoisotopic (exact) mass is 291 g/mol. The molecule has 0 aromatic carbocycles. The summed E-state index contributed by atoms with van der Waals surface area (Å²) >= 11 is 0. The Hall–Kier alpha value is -2.44. The van der Waals surface area contributed by atoms with Gasteiger partial charge in [0.05, 0.1) is 5.56 Å². The first-order valence-electron chi connectivity index (χ1n) is 6.76. The summed E-state index contributed by atoms with van der Waals surface area (Å²) in [5, 5.41) is 11.4. The van der Waals surface area contributed by atoms with Crippen LogP contribution in [0.15, 0.2) is 18.3 Å². The number of nitrogens with one attached hydrogen (secondary N) is 1. The molecule has 1 unspecified atom stereocenters. The zero-order valence-electron chi connectivity index (χ0n) is 11.7. The molecule has 0 saturated carbocycles. The second-order valence-electron chi connectivity index (χ2n) is 4.86. The summed E-state index contributed by atoms with van der Waals surface area (Å²) in [7, 11) is 1.54. The lowest BCUT2D eigenvalue weighted by molar-refractivity contribution is -0.126. The summed E-state index contributed by atoms with van der Waals surface area (Å²) in [6, 6.07) is 2.23. The van der Waals surface area contributed by atoms with Crippen LogP contribution in [0.5, 0.6) is 0 Å². The highest BCUT2D eigenvalue weighted by molar-refractivity contribution is 5.98. The SMILES string of the molecule is CNC(=O)C1CCCCN1C(=O)c1ccc(C(=O)O)nc1. The number of likely N-dealkylation sites (tertiary alicyclic amines) is 1. The Bertz CT molecular complexity index is 556. The third-order valence-electron chi connectivity index (χ3n) is 3.54. The van der Waals surface area contributed by atoms with E-state index in [9.17, 15) is 14.4 Å². The van der Waals surface area contributed by atoms with Crippen LogP contribution in [-0.4, -0.2) is 52.4 Å². The van der Waals surface area contributed by atoms with Crippen molar-refractivity contribution >= 4 is 17.8 Å². The van der Waals surface area contributed by atoms with Crippen LogP contribution < -0.4 is 5.32 Å². The average molecular weight is 291 g/mol. The Balaban J connectivity index is 2.20. The fraction of sp³-hybridized carbons (Fsp3) is 0.429. The minimum atomic E-state index is -1.14. The Morgan fingerprint density at radius 1 is 1.33 bits per heavy atom. The zero-order chi connectivity index (χ0) is 15.4. The number of carbonyl (C=O) groups is 3. The maximum absolute atomic E-state index is 12.5. The van der Waals surface area contributed by atoms with Crippen molar-refractivity contribution in [3.8, 4) is 0 Å². The number of rotatable bonds is 3. The molecule has 112 valence electrons. The van der Waals surface area contributed by atoms with E-state index in [1.807, 2.05) is 0 Å². The van der Waals surface area contributed by atoms with Gasteiger partial charge in [0.1, 0.15) is 11.7 Å². The minimum absolute atomic E-state index is 0.118. The number of hydrogen-bond acceptors (Lipinski definition) is 4. The molecule has 1 aliphatic rings. The van der Waals surface area contributed by atoms with Crippen molar-refractivity contribution in [2.24, 2.45) is 0 Å². The molecule has 1 fully saturated rings. The predicted molar refractivity (Wildman–Crippen MR) is 73.9 cm³/mol. The van der Waals surface area contributed by atoms with Crippen LogP contribution in [0.25, 0.3) is 0 Å². The van der Waals surface area contributed by atoms with Gasteiger partial charge in [-0.05, 0) is 31.4 Å². The molecule has 2 heterocycles. The topological polar surface area (TPSA) is 99.6 Å². The van der Waals surface area contributed by atoms with E-state index in [-0.39, 0.29) is 23.1 Å². The molecule has 1 aliphatic heterocycles. The van der Waals surface area contributed by atoms with Gasteiger partial charge in [-0.15, -0.1) is 0 Å². The van der Waals surface area contributed by atoms with Gasteiger partial charge in [-0.3, -0.25) is 9.59 Å². The van der Waals surface area contributed by atoms with E-state index in [4.69, 9.17) is 5.11 Å². The van der Waals surface area contributed by atoms with Crippen LogP contribution in [-0.2, 0) is 4.79 Å². The van der Waals surface area contributed by atoms with Crippen LogP contribution in [0, 0.1) is 0 Å². The average Bonchev–Trinajstić information content (AvgIpc) is 2.53. The maximum Gasteiger partial charge on any atom is 0.354 e. The van der Waals surface area contributed by atoms with Crippen LogP contribution in [0.2, 0.25) is 0 Å². The summed E-state index contributed by atoms with van der Waals surface area (Å²) in [6.07, 6.45) is 3.62. The molecule has 7 heteroatoms. The van der Waals surface area contributed by atoms with Crippen LogP contribution >= 0.6 is 0 Å². The molecule has 21 heavy (non-hydrogen) atoms. The number of carbonyl (C=O) groups excluding carboxylic acids is 2. The first kappa shape index (κ1) is 15.0. The number of aromatic carboxylic acids is 1. The highest BCUT2D eigenvalue weighted by Gasteiger charge is 2.32. The van der Waals surface area contributed by atoms with Crippen LogP contribution in [0.3, 0.4) is 0 Å². The smallest absolute Gasteiger partial charge is 0.354 e. The Morgan fingerprint density at radius 3 is 2.67 bits per heavy atom. The number of likely N-dealkylation sites (N-methyl/N-ethyl adjacent to an activating group) is 1. The molecule has 1 aromatic rings. The van der Waals surface area contributed by atoms with Gasteiger partial charge in [-0.1, -0.05) is 0 Å². The van der Waals surface area contributed by atoms with Gasteiger partial charge >= 0.3 is 5.97 Å². The lowest BCUT2D eigenvalue weighted by atomic mass is 10.0. The number of carboxylic acid groups (broad SMARTS) is 1. The van der Waals surface area contributed by atoms with Gasteiger partial charge in [0.2, 0.25) is 5.91 Å². The van der Waals surface area contributed by atoms with Crippen molar-refractivity contribution in [3.63, 3.8) is 0 Å². The Morgan fingerprint density at radius 2 is 2.10 bits per heavy atom. The molecule has 1 aromatic heterocycles. The van der Waals surface area contributed by atoms with Gasteiger partial charge < -0.3 is 15.3 Å². The summed E-state index contributed by atoms with van der Waals surface area (Å²) in [4.78, 5) is 40.3. The molecular formula is C14H17N3O4. The molecule has 2 rings (SSSR count). The maximum atomic E-state index is 12.5. The van der Waals surface area contributed by atoms with E-state index in [1.54, 1.807) is 7.05 Å². The first-order valence-corrected chi connectivity index (χ1v) is 6.76. The van der Waals surface area contributed by atoms with Crippen molar-refractivity contribution in [2.45, 2.75) is 25.3 Å². The normalized spacial score (nSPS) is 18.1. The summed E-state index contributed by atoms with van der Waals surface area (Å²) in [5.74, 6) is -1.62. The molecular weight excluding hydrogens is 274 g/mol. The van der Waals surface area contributed by atoms with E-state index >= 15 is 0 Å². The largest absolute Gasteiger partial charge is 0.477 e. The molecule has 7 nitrogen and oxygen atoms in total. The molecule has 1 atom stereocenters. The van der Waals surface area contributed by atoms with E-state index in [2.05, 4.69) is 10.3 Å². The van der Waals surface area contributed by atoms with Gasteiger partial charge in [0.25, 0.3) is 5.91 Å². The van der Waals surface area contributed by atoms with Gasteiger partial charge in [-0.25, -0.2) is 9.78 Å². The van der Waals surface area contributed by atoms with Crippen molar-refractivity contribution in [3.05, 3.63) is 29.6 Å². The second-order valence-corrected chi connectivity index (χ2v) is 4.86. The number of amides is 2. The predicted octanol–water partition coefficient (Wildman–Crippen LogP) is 0.520. The van der Waals surface area contributed by atoms with Crippen LogP contribution in [0.4, 0.5) is 0 Å². The van der Waals surface area contributed by atoms with Gasteiger partial charge in [0.15, 0.2) is 0 Å². The Labute approximate surface area is 122 Å². The fourth-order valence-corrected chi connectivity index (χ4v) is 2.43. The molecule has 1 saturated heterocycles. The lowest BCUT2D eigenvalue weighted by Gasteiger charge is -2.34. The summed E-state index contributed by atoms with van der Waals surface area (Å²) in [6.45, 7) is 0.512. The fourth-order valence-electron chi connectivity index (χ4n) is 2.43. The highest BCUT2D eigenvalue weighted by Crippen LogP contribution is 2.19. The van der Waals surface area contributed by atoms with Gasteiger partial charge in [0, 0.05) is 19.8 Å². The van der Waals surface area contributed by atoms with E-state index in [1.165, 1.54) is 23.2 Å². The number of pyridine rings is 1. The van der Waals surface area contributed by atoms with Crippen molar-refractivity contribution in [2.75, 3.05) is 13.6 Å². The third-order valence-corrected chi connectivity index (χ3v) is 3.54. The summed E-state index contributed by atoms with van der Waals surface area (Å²) in [5.41, 5.74) is 0.170. The quantitative estimate of drug-likeness (QED) is 0.845. The molecule has 0 aliphatic carbocycles. The van der Waals surface area contributed by atoms with E-state index in [0.29, 0.717) is 13.0 Å². The number of nitrogens with zero attached hydrogens (tertiary/aromatic N) is 2. The highest BCUT2D eigenvalue weighted by atomic mass is 16.4. The first-order chi connectivity index (χ1) is 10.0. The molecule has 2 amide bonds. The molecule has 0 radical (unpaired) electrons. The zero-order valence-corrected chi connectivity index (χ0v) is 11.7. The minimum Gasteiger partial charge on any atom is -0.477 e. The van der Waals surface area contributed by atoms with Crippen molar-refractivity contribution in [1.82, 2.24) is 15.2 Å². The van der Waals surface area contributed by atoms with E-state index < -0.39 is 12.0 Å². The Kier molecular flexibility index (Phi) is 4.52. The number of carboxylic acids is 1. The van der Waals surface area contributed by atoms with Gasteiger partial charge in [-0.2, -0.15) is 0 Å². The molecule has 0 spiro atoms. The van der Waals surface area contributed by atoms with Crippen molar-refractivity contribution < 1.29 is 19.5 Å².